The van der Waals surface area contributed by atoms with Crippen molar-refractivity contribution in [2.24, 2.45) is 0 Å². The van der Waals surface area contributed by atoms with E-state index in [2.05, 4.69) is 10.3 Å². The predicted molar refractivity (Wildman–Crippen MR) is 126 cm³/mol. The first kappa shape index (κ1) is 21.8. The number of aromatic nitrogens is 1. The number of hydrogen-bond acceptors (Lipinski definition) is 3. The molecule has 1 amide bonds. The lowest BCUT2D eigenvalue weighted by Gasteiger charge is -2.10. The summed E-state index contributed by atoms with van der Waals surface area (Å²) in [4.78, 5) is 15.8. The Morgan fingerprint density at radius 3 is 2.76 bits per heavy atom. The van der Waals surface area contributed by atoms with Crippen molar-refractivity contribution >= 4 is 22.9 Å². The van der Waals surface area contributed by atoms with Crippen LogP contribution in [0.1, 0.15) is 16.7 Å². The van der Waals surface area contributed by atoms with E-state index in [-0.39, 0.29) is 18.0 Å². The summed E-state index contributed by atoms with van der Waals surface area (Å²) in [5, 5.41) is 13.5. The van der Waals surface area contributed by atoms with Crippen LogP contribution in [0, 0.1) is 17.1 Å². The van der Waals surface area contributed by atoms with Crippen molar-refractivity contribution in [3.8, 4) is 11.8 Å². The maximum atomic E-state index is 13.4. The molecule has 3 aromatic carbocycles. The molecule has 0 unspecified atom stereocenters. The number of para-hydroxylation sites is 2. The van der Waals surface area contributed by atoms with Crippen LogP contribution < -0.4 is 10.1 Å². The van der Waals surface area contributed by atoms with Gasteiger partial charge in [-0.05, 0) is 47.9 Å². The number of carbonyl (C=O) groups is 1. The number of aromatic amines is 1. The molecular formula is C27H22FN3O2. The summed E-state index contributed by atoms with van der Waals surface area (Å²) in [6.07, 6.45) is 4.08. The lowest BCUT2D eigenvalue weighted by atomic mass is 10.1. The third-order valence-corrected chi connectivity index (χ3v) is 5.22. The Labute approximate surface area is 191 Å². The van der Waals surface area contributed by atoms with Crippen molar-refractivity contribution in [2.75, 3.05) is 6.54 Å². The van der Waals surface area contributed by atoms with E-state index in [1.165, 1.54) is 18.2 Å². The standard InChI is InChI=1S/C27H22FN3O2/c28-23-8-5-6-19(14-23)18-33-26-11-4-1-7-20(26)15-22(16-29)27(32)30-13-12-21-17-31-25-10-3-2-9-24(21)25/h1-11,14-15,17,31H,12-13,18H2,(H,30,32)/b22-15-. The topological polar surface area (TPSA) is 77.9 Å². The van der Waals surface area contributed by atoms with Crippen LogP contribution in [0.4, 0.5) is 4.39 Å². The zero-order valence-corrected chi connectivity index (χ0v) is 17.8. The summed E-state index contributed by atoms with van der Waals surface area (Å²) in [7, 11) is 0. The van der Waals surface area contributed by atoms with Gasteiger partial charge in [-0.25, -0.2) is 4.39 Å². The Morgan fingerprint density at radius 1 is 1.09 bits per heavy atom. The lowest BCUT2D eigenvalue weighted by molar-refractivity contribution is -0.117. The lowest BCUT2D eigenvalue weighted by Crippen LogP contribution is -2.26. The highest BCUT2D eigenvalue weighted by atomic mass is 19.1. The summed E-state index contributed by atoms with van der Waals surface area (Å²) in [5.41, 5.74) is 3.41. The fourth-order valence-corrected chi connectivity index (χ4v) is 3.57. The van der Waals surface area contributed by atoms with E-state index < -0.39 is 5.91 Å². The molecule has 0 fully saturated rings. The number of nitrogens with zero attached hydrogens (tertiary/aromatic N) is 1. The average molecular weight is 439 g/mol. The number of carbonyl (C=O) groups excluding carboxylic acids is 1. The first-order chi connectivity index (χ1) is 16.1. The van der Waals surface area contributed by atoms with E-state index in [1.807, 2.05) is 36.5 Å². The van der Waals surface area contributed by atoms with Gasteiger partial charge in [0, 0.05) is 29.2 Å². The molecule has 1 heterocycles. The van der Waals surface area contributed by atoms with Gasteiger partial charge in [0.1, 0.15) is 29.8 Å². The van der Waals surface area contributed by atoms with E-state index in [0.717, 1.165) is 16.5 Å². The number of halogens is 1. The maximum absolute atomic E-state index is 13.4. The maximum Gasteiger partial charge on any atom is 0.261 e. The number of amides is 1. The molecule has 4 rings (SSSR count). The molecule has 0 aliphatic rings. The van der Waals surface area contributed by atoms with Gasteiger partial charge in [0.05, 0.1) is 0 Å². The minimum absolute atomic E-state index is 0.0178. The molecule has 0 bridgehead atoms. The van der Waals surface area contributed by atoms with Crippen LogP contribution in [0.3, 0.4) is 0 Å². The third kappa shape index (κ3) is 5.46. The number of benzene rings is 3. The number of rotatable bonds is 8. The molecule has 5 nitrogen and oxygen atoms in total. The van der Waals surface area contributed by atoms with Crippen LogP contribution in [0.25, 0.3) is 17.0 Å². The predicted octanol–water partition coefficient (Wildman–Crippen LogP) is 5.15. The highest BCUT2D eigenvalue weighted by molar-refractivity contribution is 6.02. The van der Waals surface area contributed by atoms with Gasteiger partial charge in [-0.3, -0.25) is 4.79 Å². The van der Waals surface area contributed by atoms with Gasteiger partial charge in [0.2, 0.25) is 0 Å². The summed E-state index contributed by atoms with van der Waals surface area (Å²) < 4.78 is 19.2. The van der Waals surface area contributed by atoms with E-state index in [0.29, 0.717) is 29.8 Å². The van der Waals surface area contributed by atoms with Crippen molar-refractivity contribution in [1.82, 2.24) is 10.3 Å². The monoisotopic (exact) mass is 439 g/mol. The normalized spacial score (nSPS) is 11.2. The van der Waals surface area contributed by atoms with Gasteiger partial charge in [0.15, 0.2) is 0 Å². The minimum atomic E-state index is -0.447. The van der Waals surface area contributed by atoms with Gasteiger partial charge in [-0.15, -0.1) is 0 Å². The van der Waals surface area contributed by atoms with Crippen molar-refractivity contribution < 1.29 is 13.9 Å². The number of nitriles is 1. The van der Waals surface area contributed by atoms with E-state index in [4.69, 9.17) is 4.74 Å². The Bertz CT molecular complexity index is 1350. The SMILES string of the molecule is N#C/C(=C/c1ccccc1OCc1cccc(F)c1)C(=O)NCCc1c[nH]c2ccccc12. The third-order valence-electron chi connectivity index (χ3n) is 5.22. The van der Waals surface area contributed by atoms with Crippen LogP contribution >= 0.6 is 0 Å². The molecule has 0 saturated heterocycles. The smallest absolute Gasteiger partial charge is 0.261 e. The van der Waals surface area contributed by atoms with Crippen molar-refractivity contribution in [1.29, 1.82) is 5.26 Å². The number of ether oxygens (including phenoxy) is 1. The van der Waals surface area contributed by atoms with Gasteiger partial charge >= 0.3 is 0 Å². The van der Waals surface area contributed by atoms with Gasteiger partial charge in [0.25, 0.3) is 5.91 Å². The van der Waals surface area contributed by atoms with Crippen molar-refractivity contribution in [3.05, 3.63) is 107 Å². The molecule has 0 spiro atoms. The molecule has 1 aromatic heterocycles. The molecule has 6 heteroatoms. The quantitative estimate of drug-likeness (QED) is 0.294. The highest BCUT2D eigenvalue weighted by Crippen LogP contribution is 2.23. The van der Waals surface area contributed by atoms with Crippen LogP contribution in [0.5, 0.6) is 5.75 Å². The van der Waals surface area contributed by atoms with Gasteiger partial charge in [-0.2, -0.15) is 5.26 Å². The number of hydrogen-bond donors (Lipinski definition) is 2. The fraction of sp³-hybridized carbons (Fsp3) is 0.111. The van der Waals surface area contributed by atoms with E-state index >= 15 is 0 Å². The van der Waals surface area contributed by atoms with Crippen LogP contribution in [0.2, 0.25) is 0 Å². The average Bonchev–Trinajstić information content (AvgIpc) is 3.25. The Balaban J connectivity index is 1.41. The number of fused-ring (bicyclic) bond motifs is 1. The Morgan fingerprint density at radius 2 is 1.91 bits per heavy atom. The molecule has 0 radical (unpaired) electrons. The van der Waals surface area contributed by atoms with Gasteiger partial charge < -0.3 is 15.0 Å². The molecule has 33 heavy (non-hydrogen) atoms. The second kappa shape index (κ2) is 10.3. The zero-order chi connectivity index (χ0) is 23.0. The minimum Gasteiger partial charge on any atom is -0.488 e. The number of nitrogens with one attached hydrogen (secondary N) is 2. The van der Waals surface area contributed by atoms with Crippen molar-refractivity contribution in [2.45, 2.75) is 13.0 Å². The molecule has 0 atom stereocenters. The fourth-order valence-electron chi connectivity index (χ4n) is 3.57. The van der Waals surface area contributed by atoms with Crippen LogP contribution in [0.15, 0.2) is 84.6 Å². The molecule has 164 valence electrons. The molecule has 0 aliphatic carbocycles. The Hall–Kier alpha value is -4.37. The summed E-state index contributed by atoms with van der Waals surface area (Å²) in [6.45, 7) is 0.568. The molecule has 0 saturated carbocycles. The first-order valence-corrected chi connectivity index (χ1v) is 10.6. The van der Waals surface area contributed by atoms with Gasteiger partial charge in [-0.1, -0.05) is 48.5 Å². The summed E-state index contributed by atoms with van der Waals surface area (Å²) >= 11 is 0. The van der Waals surface area contributed by atoms with E-state index in [9.17, 15) is 14.4 Å². The molecule has 0 aliphatic heterocycles. The second-order valence-electron chi connectivity index (χ2n) is 7.49. The number of H-pyrrole nitrogens is 1. The van der Waals surface area contributed by atoms with E-state index in [1.54, 1.807) is 36.4 Å². The van der Waals surface area contributed by atoms with Crippen LogP contribution in [-0.4, -0.2) is 17.4 Å². The summed E-state index contributed by atoms with van der Waals surface area (Å²) in [5.74, 6) is -0.279. The zero-order valence-electron chi connectivity index (χ0n) is 17.8. The molecule has 4 aromatic rings. The van der Waals surface area contributed by atoms with Crippen molar-refractivity contribution in [3.63, 3.8) is 0 Å². The summed E-state index contributed by atoms with van der Waals surface area (Å²) in [6, 6.07) is 23.2. The second-order valence-corrected chi connectivity index (χ2v) is 7.49. The highest BCUT2D eigenvalue weighted by Gasteiger charge is 2.11. The Kier molecular flexibility index (Phi) is 6.81. The largest absolute Gasteiger partial charge is 0.488 e. The molecule has 2 N–H and O–H groups in total. The first-order valence-electron chi connectivity index (χ1n) is 10.6. The van der Waals surface area contributed by atoms with Crippen LogP contribution in [-0.2, 0) is 17.8 Å². The molecular weight excluding hydrogens is 417 g/mol.